The molecule has 5 nitrogen and oxygen atoms in total. The number of fused-ring (bicyclic) bond motifs is 2. The fourth-order valence-corrected chi connectivity index (χ4v) is 4.45. The van der Waals surface area contributed by atoms with Crippen molar-refractivity contribution in [2.45, 2.75) is 65.0 Å². The van der Waals surface area contributed by atoms with E-state index in [0.29, 0.717) is 12.5 Å². The number of hydrogen-bond donors (Lipinski definition) is 0. The molecule has 2 aliphatic heterocycles. The maximum atomic E-state index is 13.0. The van der Waals surface area contributed by atoms with Crippen molar-refractivity contribution >= 4 is 17.5 Å². The van der Waals surface area contributed by atoms with Crippen molar-refractivity contribution < 1.29 is 14.3 Å². The molecule has 1 saturated heterocycles. The zero-order valence-corrected chi connectivity index (χ0v) is 19.1. The van der Waals surface area contributed by atoms with Gasteiger partial charge >= 0.3 is 6.09 Å². The van der Waals surface area contributed by atoms with E-state index in [9.17, 15) is 4.79 Å². The molecule has 2 heterocycles. The Hall–Kier alpha value is -2.69. The van der Waals surface area contributed by atoms with Gasteiger partial charge in [-0.25, -0.2) is 4.79 Å². The van der Waals surface area contributed by atoms with Gasteiger partial charge < -0.3 is 19.3 Å². The number of para-hydroxylation sites is 4. The number of amides is 1. The highest BCUT2D eigenvalue weighted by molar-refractivity contribution is 5.78. The molecule has 0 saturated carbocycles. The monoisotopic (exact) mass is 422 g/mol. The topological polar surface area (TPSA) is 42.0 Å². The Kier molecular flexibility index (Phi) is 6.12. The average Bonchev–Trinajstić information content (AvgIpc) is 2.76. The van der Waals surface area contributed by atoms with E-state index in [-0.39, 0.29) is 12.1 Å². The summed E-state index contributed by atoms with van der Waals surface area (Å²) in [5.74, 6) is 2.31. The van der Waals surface area contributed by atoms with Crippen molar-refractivity contribution in [2.75, 3.05) is 18.0 Å². The van der Waals surface area contributed by atoms with E-state index < -0.39 is 5.60 Å². The summed E-state index contributed by atoms with van der Waals surface area (Å²) in [5, 5.41) is 0. The zero-order valence-electron chi connectivity index (χ0n) is 19.1. The van der Waals surface area contributed by atoms with E-state index >= 15 is 0 Å². The Labute approximate surface area is 185 Å². The third kappa shape index (κ3) is 4.81. The molecule has 1 atom stereocenters. The maximum Gasteiger partial charge on any atom is 0.410 e. The van der Waals surface area contributed by atoms with Crippen LogP contribution in [0.4, 0.5) is 16.2 Å². The first-order valence-electron chi connectivity index (χ1n) is 11.5. The van der Waals surface area contributed by atoms with Crippen LogP contribution >= 0.6 is 0 Å². The van der Waals surface area contributed by atoms with Crippen molar-refractivity contribution in [2.24, 2.45) is 5.92 Å². The summed E-state index contributed by atoms with van der Waals surface area (Å²) in [6.07, 6.45) is 3.69. The molecule has 5 heteroatoms. The largest absolute Gasteiger partial charge is 0.453 e. The number of nitrogens with zero attached hydrogens (tertiary/aromatic N) is 2. The molecule has 4 rings (SSSR count). The van der Waals surface area contributed by atoms with Gasteiger partial charge in [0.2, 0.25) is 0 Å². The Morgan fingerprint density at radius 1 is 1.10 bits per heavy atom. The second-order valence-corrected chi connectivity index (χ2v) is 9.71. The first-order chi connectivity index (χ1) is 14.8. The number of benzene rings is 2. The van der Waals surface area contributed by atoms with Gasteiger partial charge in [0, 0.05) is 13.1 Å². The fourth-order valence-electron chi connectivity index (χ4n) is 4.45. The number of likely N-dealkylation sites (tertiary alicyclic amines) is 1. The molecule has 1 unspecified atom stereocenters. The summed E-state index contributed by atoms with van der Waals surface area (Å²) in [6, 6.07) is 16.4. The highest BCUT2D eigenvalue weighted by atomic mass is 16.6. The van der Waals surface area contributed by atoms with Gasteiger partial charge in [0.05, 0.1) is 17.4 Å². The van der Waals surface area contributed by atoms with E-state index in [1.54, 1.807) is 0 Å². The van der Waals surface area contributed by atoms with Gasteiger partial charge in [-0.2, -0.15) is 0 Å². The number of hydrogen-bond acceptors (Lipinski definition) is 4. The molecule has 2 aromatic carbocycles. The quantitative estimate of drug-likeness (QED) is 0.535. The Morgan fingerprint density at radius 2 is 1.71 bits per heavy atom. The minimum Gasteiger partial charge on any atom is -0.453 e. The highest BCUT2D eigenvalue weighted by Crippen LogP contribution is 2.48. The van der Waals surface area contributed by atoms with Crippen molar-refractivity contribution in [1.82, 2.24) is 4.90 Å². The SMILES string of the molecule is CC(C)CCC(C)(C)OC(=O)N1CCCC(N2c3ccccc3Oc3ccccc32)C1. The summed E-state index contributed by atoms with van der Waals surface area (Å²) >= 11 is 0. The van der Waals surface area contributed by atoms with E-state index in [0.717, 1.165) is 55.1 Å². The lowest BCUT2D eigenvalue weighted by Crippen LogP contribution is -2.50. The minimum absolute atomic E-state index is 0.172. The predicted octanol–water partition coefficient (Wildman–Crippen LogP) is 6.75. The minimum atomic E-state index is -0.452. The van der Waals surface area contributed by atoms with Crippen molar-refractivity contribution in [3.8, 4) is 11.5 Å². The Bertz CT molecular complexity index is 879. The van der Waals surface area contributed by atoms with Crippen LogP contribution in [0.2, 0.25) is 0 Å². The molecule has 166 valence electrons. The molecule has 2 aromatic rings. The molecular weight excluding hydrogens is 388 g/mol. The molecule has 0 radical (unpaired) electrons. The fraction of sp³-hybridized carbons (Fsp3) is 0.500. The number of carbonyl (C=O) groups is 1. The van der Waals surface area contributed by atoms with Gasteiger partial charge in [0.25, 0.3) is 0 Å². The smallest absolute Gasteiger partial charge is 0.410 e. The second kappa shape index (κ2) is 8.81. The molecule has 0 spiro atoms. The van der Waals surface area contributed by atoms with Crippen molar-refractivity contribution in [3.63, 3.8) is 0 Å². The summed E-state index contributed by atoms with van der Waals surface area (Å²) in [6.45, 7) is 9.81. The van der Waals surface area contributed by atoms with Gasteiger partial charge in [-0.15, -0.1) is 0 Å². The van der Waals surface area contributed by atoms with Crippen LogP contribution in [0.25, 0.3) is 0 Å². The maximum absolute atomic E-state index is 13.0. The summed E-state index contributed by atoms with van der Waals surface area (Å²) in [7, 11) is 0. The zero-order chi connectivity index (χ0) is 22.0. The second-order valence-electron chi connectivity index (χ2n) is 9.71. The van der Waals surface area contributed by atoms with Gasteiger partial charge in [-0.05, 0) is 69.7 Å². The molecule has 0 aromatic heterocycles. The van der Waals surface area contributed by atoms with Gasteiger partial charge in [0.15, 0.2) is 11.5 Å². The van der Waals surface area contributed by atoms with Crippen molar-refractivity contribution in [3.05, 3.63) is 48.5 Å². The lowest BCUT2D eigenvalue weighted by Gasteiger charge is -2.43. The predicted molar refractivity (Wildman–Crippen MR) is 124 cm³/mol. The molecule has 1 fully saturated rings. The van der Waals surface area contributed by atoms with Crippen LogP contribution < -0.4 is 9.64 Å². The molecule has 0 N–H and O–H groups in total. The lowest BCUT2D eigenvalue weighted by atomic mass is 9.97. The number of rotatable bonds is 5. The van der Waals surface area contributed by atoms with Crippen LogP contribution in [0.5, 0.6) is 11.5 Å². The van der Waals surface area contributed by atoms with Crippen molar-refractivity contribution in [1.29, 1.82) is 0 Å². The van der Waals surface area contributed by atoms with E-state index in [1.807, 2.05) is 55.1 Å². The van der Waals surface area contributed by atoms with Gasteiger partial charge in [0.1, 0.15) is 5.60 Å². The summed E-state index contributed by atoms with van der Waals surface area (Å²) < 4.78 is 12.1. The Morgan fingerprint density at radius 3 is 2.32 bits per heavy atom. The van der Waals surface area contributed by atoms with Gasteiger partial charge in [-0.1, -0.05) is 38.1 Å². The number of carbonyl (C=O) groups excluding carboxylic acids is 1. The van der Waals surface area contributed by atoms with Crippen LogP contribution in [-0.4, -0.2) is 35.7 Å². The first kappa shape index (κ1) is 21.5. The molecule has 2 aliphatic rings. The standard InChI is InChI=1S/C26H34N2O3/c1-19(2)15-16-26(3,4)31-25(29)27-17-9-10-20(18-27)28-21-11-5-7-13-23(21)30-24-14-8-6-12-22(24)28/h5-8,11-14,19-20H,9-10,15-18H2,1-4H3. The third-order valence-electron chi connectivity index (χ3n) is 6.18. The van der Waals surface area contributed by atoms with Gasteiger partial charge in [-0.3, -0.25) is 0 Å². The number of piperidine rings is 1. The summed E-state index contributed by atoms with van der Waals surface area (Å²) in [4.78, 5) is 17.3. The first-order valence-corrected chi connectivity index (χ1v) is 11.5. The molecular formula is C26H34N2O3. The average molecular weight is 423 g/mol. The summed E-state index contributed by atoms with van der Waals surface area (Å²) in [5.41, 5.74) is 1.66. The number of anilines is 2. The molecule has 0 aliphatic carbocycles. The van der Waals surface area contributed by atoms with Crippen LogP contribution in [0.3, 0.4) is 0 Å². The van der Waals surface area contributed by atoms with E-state index in [4.69, 9.17) is 9.47 Å². The van der Waals surface area contributed by atoms with E-state index in [2.05, 4.69) is 30.9 Å². The normalized spacial score (nSPS) is 18.3. The highest BCUT2D eigenvalue weighted by Gasteiger charge is 2.35. The molecule has 31 heavy (non-hydrogen) atoms. The van der Waals surface area contributed by atoms with Crippen LogP contribution in [0.1, 0.15) is 53.4 Å². The van der Waals surface area contributed by atoms with Crippen LogP contribution in [0.15, 0.2) is 48.5 Å². The van der Waals surface area contributed by atoms with Crippen LogP contribution in [-0.2, 0) is 4.74 Å². The number of ether oxygens (including phenoxy) is 2. The van der Waals surface area contributed by atoms with Crippen LogP contribution in [0, 0.1) is 5.92 Å². The Balaban J connectivity index is 1.52. The van der Waals surface area contributed by atoms with E-state index in [1.165, 1.54) is 0 Å². The third-order valence-corrected chi connectivity index (χ3v) is 6.18. The lowest BCUT2D eigenvalue weighted by molar-refractivity contribution is 0.00160. The molecule has 1 amide bonds. The molecule has 0 bridgehead atoms.